The van der Waals surface area contributed by atoms with Crippen molar-refractivity contribution in [1.29, 1.82) is 0 Å². The number of hydrogen-bond acceptors (Lipinski definition) is 4. The smallest absolute Gasteiger partial charge is 0.161 e. The molecule has 0 unspecified atom stereocenters. The number of phenolic OH excluding ortho intramolecular Hbond substituents is 2. The van der Waals surface area contributed by atoms with E-state index in [0.29, 0.717) is 5.56 Å². The third-order valence-electron chi connectivity index (χ3n) is 2.19. The van der Waals surface area contributed by atoms with Gasteiger partial charge in [0.1, 0.15) is 0 Å². The van der Waals surface area contributed by atoms with Crippen LogP contribution in [-0.4, -0.2) is 16.8 Å². The van der Waals surface area contributed by atoms with Crippen LogP contribution in [0.25, 0.3) is 0 Å². The molecule has 0 aliphatic carbocycles. The van der Waals surface area contributed by atoms with E-state index in [9.17, 15) is 10.2 Å². The monoisotopic (exact) mass is 197 g/mol. The average Bonchev–Trinajstić information content (AvgIpc) is 2.09. The largest absolute Gasteiger partial charge is 0.504 e. The van der Waals surface area contributed by atoms with Gasteiger partial charge in [-0.3, -0.25) is 0 Å². The number of nitrogens with two attached hydrogens (primary N) is 1. The molecule has 0 heterocycles. The van der Waals surface area contributed by atoms with Crippen LogP contribution >= 0.6 is 0 Å². The lowest BCUT2D eigenvalue weighted by atomic mass is 9.85. The zero-order chi connectivity index (χ0) is 10.8. The molecular weight excluding hydrogens is 182 g/mol. The second kappa shape index (κ2) is 3.86. The number of phenols is 2. The summed E-state index contributed by atoms with van der Waals surface area (Å²) >= 11 is 0. The van der Waals surface area contributed by atoms with Gasteiger partial charge in [0.15, 0.2) is 11.5 Å². The van der Waals surface area contributed by atoms with Crippen molar-refractivity contribution in [3.63, 3.8) is 0 Å². The lowest BCUT2D eigenvalue weighted by Gasteiger charge is -2.24. The predicted octanol–water partition coefficient (Wildman–Crippen LogP) is 1.27. The summed E-state index contributed by atoms with van der Waals surface area (Å²) < 4.78 is 0. The normalized spacial score (nSPS) is 11.6. The molecule has 0 bridgehead atoms. The van der Waals surface area contributed by atoms with Crippen LogP contribution in [0.5, 0.6) is 11.5 Å². The lowest BCUT2D eigenvalue weighted by Crippen LogP contribution is -2.26. The molecule has 4 heteroatoms. The molecule has 0 aliphatic heterocycles. The van der Waals surface area contributed by atoms with E-state index in [1.807, 2.05) is 13.8 Å². The number of para-hydroxylation sites is 1. The third kappa shape index (κ3) is 1.97. The maximum atomic E-state index is 9.61. The van der Waals surface area contributed by atoms with Crippen LogP contribution in [0.1, 0.15) is 19.4 Å². The van der Waals surface area contributed by atoms with Crippen molar-refractivity contribution in [3.8, 4) is 11.5 Å². The van der Waals surface area contributed by atoms with E-state index in [1.54, 1.807) is 12.1 Å². The highest BCUT2D eigenvalue weighted by molar-refractivity contribution is 5.47. The molecule has 14 heavy (non-hydrogen) atoms. The first-order valence-corrected chi connectivity index (χ1v) is 4.32. The van der Waals surface area contributed by atoms with E-state index in [1.165, 1.54) is 6.07 Å². The Morgan fingerprint density at radius 1 is 1.36 bits per heavy atom. The summed E-state index contributed by atoms with van der Waals surface area (Å²) in [6.07, 6.45) is 0. The highest BCUT2D eigenvalue weighted by Gasteiger charge is 2.25. The van der Waals surface area contributed by atoms with Crippen LogP contribution in [0.15, 0.2) is 18.2 Å². The Hall–Kier alpha value is -1.26. The van der Waals surface area contributed by atoms with E-state index in [4.69, 9.17) is 5.90 Å². The van der Waals surface area contributed by atoms with Crippen LogP contribution in [-0.2, 0) is 10.3 Å². The van der Waals surface area contributed by atoms with Gasteiger partial charge in [-0.1, -0.05) is 26.0 Å². The molecule has 0 spiro atoms. The van der Waals surface area contributed by atoms with Gasteiger partial charge in [-0.05, 0) is 6.07 Å². The van der Waals surface area contributed by atoms with Gasteiger partial charge in [-0.15, -0.1) is 0 Å². The maximum Gasteiger partial charge on any atom is 0.161 e. The zero-order valence-electron chi connectivity index (χ0n) is 8.32. The standard InChI is InChI=1S/C10H15NO3/c1-10(2,6-14-11)7-4-3-5-8(12)9(7)13/h3-5,12-13H,6,11H2,1-2H3. The number of aromatic hydroxyl groups is 2. The topological polar surface area (TPSA) is 75.7 Å². The van der Waals surface area contributed by atoms with E-state index in [0.717, 1.165) is 0 Å². The Balaban J connectivity index is 3.12. The molecule has 0 radical (unpaired) electrons. The molecule has 4 nitrogen and oxygen atoms in total. The molecule has 78 valence electrons. The van der Waals surface area contributed by atoms with E-state index in [-0.39, 0.29) is 18.1 Å². The van der Waals surface area contributed by atoms with Crippen molar-refractivity contribution < 1.29 is 15.1 Å². The molecule has 0 saturated carbocycles. The van der Waals surface area contributed by atoms with E-state index in [2.05, 4.69) is 4.84 Å². The van der Waals surface area contributed by atoms with Gasteiger partial charge >= 0.3 is 0 Å². The molecule has 1 aromatic rings. The first-order valence-electron chi connectivity index (χ1n) is 4.32. The van der Waals surface area contributed by atoms with Gasteiger partial charge in [-0.2, -0.15) is 0 Å². The Morgan fingerprint density at radius 3 is 2.57 bits per heavy atom. The van der Waals surface area contributed by atoms with Gasteiger partial charge < -0.3 is 15.1 Å². The first-order chi connectivity index (χ1) is 6.49. The van der Waals surface area contributed by atoms with Crippen molar-refractivity contribution in [2.45, 2.75) is 19.3 Å². The fourth-order valence-electron chi connectivity index (χ4n) is 1.36. The average molecular weight is 197 g/mol. The molecule has 0 aromatic heterocycles. The minimum Gasteiger partial charge on any atom is -0.504 e. The molecule has 0 fully saturated rings. The van der Waals surface area contributed by atoms with Crippen molar-refractivity contribution in [2.75, 3.05) is 6.61 Å². The van der Waals surface area contributed by atoms with Gasteiger partial charge in [-0.25, -0.2) is 5.90 Å². The van der Waals surface area contributed by atoms with Crippen molar-refractivity contribution in [1.82, 2.24) is 0 Å². The summed E-state index contributed by atoms with van der Waals surface area (Å²) in [4.78, 5) is 4.56. The van der Waals surface area contributed by atoms with Crippen LogP contribution < -0.4 is 5.90 Å². The molecule has 4 N–H and O–H groups in total. The Labute approximate surface area is 82.9 Å². The van der Waals surface area contributed by atoms with Gasteiger partial charge in [0, 0.05) is 11.0 Å². The SMILES string of the molecule is CC(C)(CON)c1cccc(O)c1O. The minimum absolute atomic E-state index is 0.116. The second-order valence-electron chi connectivity index (χ2n) is 3.87. The summed E-state index contributed by atoms with van der Waals surface area (Å²) in [5, 5.41) is 18.9. The zero-order valence-corrected chi connectivity index (χ0v) is 8.32. The van der Waals surface area contributed by atoms with Crippen LogP contribution in [0.4, 0.5) is 0 Å². The molecule has 0 saturated heterocycles. The fraction of sp³-hybridized carbons (Fsp3) is 0.400. The van der Waals surface area contributed by atoms with Gasteiger partial charge in [0.2, 0.25) is 0 Å². The molecule has 0 amide bonds. The predicted molar refractivity (Wildman–Crippen MR) is 52.9 cm³/mol. The second-order valence-corrected chi connectivity index (χ2v) is 3.87. The molecule has 1 aromatic carbocycles. The Bertz CT molecular complexity index is 323. The lowest BCUT2D eigenvalue weighted by molar-refractivity contribution is 0.0953. The van der Waals surface area contributed by atoms with E-state index < -0.39 is 5.41 Å². The maximum absolute atomic E-state index is 9.61. The van der Waals surface area contributed by atoms with Crippen molar-refractivity contribution in [3.05, 3.63) is 23.8 Å². The van der Waals surface area contributed by atoms with Gasteiger partial charge in [0.25, 0.3) is 0 Å². The number of benzene rings is 1. The summed E-state index contributed by atoms with van der Waals surface area (Å²) in [5.74, 6) is 4.75. The summed E-state index contributed by atoms with van der Waals surface area (Å²) in [6.45, 7) is 4.01. The van der Waals surface area contributed by atoms with Crippen molar-refractivity contribution in [2.24, 2.45) is 5.90 Å². The van der Waals surface area contributed by atoms with Crippen molar-refractivity contribution >= 4 is 0 Å². The Morgan fingerprint density at radius 2 is 2.00 bits per heavy atom. The van der Waals surface area contributed by atoms with E-state index >= 15 is 0 Å². The molecule has 0 atom stereocenters. The summed E-state index contributed by atoms with van der Waals surface area (Å²) in [7, 11) is 0. The highest BCUT2D eigenvalue weighted by atomic mass is 16.6. The van der Waals surface area contributed by atoms with Gasteiger partial charge in [0.05, 0.1) is 6.61 Å². The van der Waals surface area contributed by atoms with Crippen LogP contribution in [0, 0.1) is 0 Å². The third-order valence-corrected chi connectivity index (χ3v) is 2.19. The summed E-state index contributed by atoms with van der Waals surface area (Å²) in [6, 6.07) is 4.83. The summed E-state index contributed by atoms with van der Waals surface area (Å²) in [5.41, 5.74) is 0.181. The Kier molecular flexibility index (Phi) is 2.98. The molecule has 1 rings (SSSR count). The quantitative estimate of drug-likeness (QED) is 0.503. The molecule has 0 aliphatic rings. The number of hydrogen-bond donors (Lipinski definition) is 3. The van der Waals surface area contributed by atoms with Crippen LogP contribution in [0.2, 0.25) is 0 Å². The first kappa shape index (κ1) is 10.8. The van der Waals surface area contributed by atoms with Crippen LogP contribution in [0.3, 0.4) is 0 Å². The minimum atomic E-state index is -0.433. The highest BCUT2D eigenvalue weighted by Crippen LogP contribution is 2.36. The molecular formula is C10H15NO3. The number of rotatable bonds is 3. The fourth-order valence-corrected chi connectivity index (χ4v) is 1.36.